The van der Waals surface area contributed by atoms with Gasteiger partial charge in [-0.3, -0.25) is 4.79 Å². The Balaban J connectivity index is 1.99. The molecule has 1 amide bonds. The Hall–Kier alpha value is -0.610. The van der Waals surface area contributed by atoms with Crippen LogP contribution in [0, 0.1) is 0 Å². The second-order valence-electron chi connectivity index (χ2n) is 4.82. The molecule has 1 heterocycles. The fourth-order valence-electron chi connectivity index (χ4n) is 2.23. The number of rotatable bonds is 3. The van der Waals surface area contributed by atoms with Gasteiger partial charge in [-0.25, -0.2) is 0 Å². The molecule has 1 unspecified atom stereocenters. The molecule has 1 saturated heterocycles. The summed E-state index contributed by atoms with van der Waals surface area (Å²) in [6.07, 6.45) is 4.08. The van der Waals surface area contributed by atoms with E-state index in [-0.39, 0.29) is 24.7 Å². The molecule has 1 aliphatic heterocycles. The first kappa shape index (κ1) is 10.9. The second-order valence-corrected chi connectivity index (χ2v) is 4.82. The van der Waals surface area contributed by atoms with Gasteiger partial charge in [0.25, 0.3) is 0 Å². The van der Waals surface area contributed by atoms with E-state index < -0.39 is 0 Å². The highest BCUT2D eigenvalue weighted by molar-refractivity contribution is 5.78. The van der Waals surface area contributed by atoms with Crippen LogP contribution in [0.5, 0.6) is 0 Å². The van der Waals surface area contributed by atoms with E-state index in [1.165, 1.54) is 6.42 Å². The highest BCUT2D eigenvalue weighted by Crippen LogP contribution is 2.30. The Labute approximate surface area is 90.2 Å². The molecule has 86 valence electrons. The summed E-state index contributed by atoms with van der Waals surface area (Å²) in [4.78, 5) is 13.6. The maximum Gasteiger partial charge on any atom is 0.248 e. The van der Waals surface area contributed by atoms with Gasteiger partial charge in [0.15, 0.2) is 0 Å². The van der Waals surface area contributed by atoms with Crippen molar-refractivity contribution in [3.63, 3.8) is 0 Å². The van der Waals surface area contributed by atoms with Gasteiger partial charge in [-0.2, -0.15) is 0 Å². The van der Waals surface area contributed by atoms with Gasteiger partial charge in [-0.05, 0) is 26.2 Å². The Morgan fingerprint density at radius 2 is 2.33 bits per heavy atom. The number of carbonyl (C=O) groups excluding carboxylic acids is 1. The summed E-state index contributed by atoms with van der Waals surface area (Å²) in [6.45, 7) is 2.90. The average molecular weight is 213 g/mol. The average Bonchev–Trinajstić information content (AvgIpc) is 2.09. The molecule has 0 aromatic heterocycles. The normalized spacial score (nSPS) is 32.9. The number of hydrogen-bond acceptors (Lipinski definition) is 3. The van der Waals surface area contributed by atoms with Gasteiger partial charge in [0.05, 0.1) is 5.60 Å². The third kappa shape index (κ3) is 2.16. The molecule has 1 aliphatic carbocycles. The maximum atomic E-state index is 11.7. The third-order valence-electron chi connectivity index (χ3n) is 3.53. The van der Waals surface area contributed by atoms with Crippen molar-refractivity contribution in [2.24, 2.45) is 0 Å². The Bertz CT molecular complexity index is 252. The lowest BCUT2D eigenvalue weighted by molar-refractivity contribution is -0.170. The number of morpholine rings is 1. The Kier molecular flexibility index (Phi) is 2.98. The quantitative estimate of drug-likeness (QED) is 0.744. The van der Waals surface area contributed by atoms with Crippen LogP contribution in [0.3, 0.4) is 0 Å². The summed E-state index contributed by atoms with van der Waals surface area (Å²) in [5, 5.41) is 8.96. The largest absolute Gasteiger partial charge is 0.396 e. The first-order valence-corrected chi connectivity index (χ1v) is 5.69. The molecule has 1 N–H and O–H groups in total. The van der Waals surface area contributed by atoms with E-state index in [9.17, 15) is 4.79 Å². The Morgan fingerprint density at radius 1 is 1.60 bits per heavy atom. The topological polar surface area (TPSA) is 49.8 Å². The second kappa shape index (κ2) is 4.10. The van der Waals surface area contributed by atoms with Gasteiger partial charge in [0.2, 0.25) is 5.91 Å². The summed E-state index contributed by atoms with van der Waals surface area (Å²) in [7, 11) is 0. The molecule has 15 heavy (non-hydrogen) atoms. The summed E-state index contributed by atoms with van der Waals surface area (Å²) in [6, 6.07) is 0.430. The van der Waals surface area contributed by atoms with E-state index in [4.69, 9.17) is 9.84 Å². The van der Waals surface area contributed by atoms with Crippen molar-refractivity contribution >= 4 is 5.91 Å². The lowest BCUT2D eigenvalue weighted by Crippen LogP contribution is -2.58. The summed E-state index contributed by atoms with van der Waals surface area (Å²) < 4.78 is 5.52. The van der Waals surface area contributed by atoms with Gasteiger partial charge in [0, 0.05) is 25.6 Å². The predicted molar refractivity (Wildman–Crippen MR) is 55.4 cm³/mol. The zero-order chi connectivity index (χ0) is 10.9. The van der Waals surface area contributed by atoms with Crippen LogP contribution in [0.15, 0.2) is 0 Å². The smallest absolute Gasteiger partial charge is 0.248 e. The molecular formula is C11H19NO3. The monoisotopic (exact) mass is 213 g/mol. The predicted octanol–water partition coefficient (Wildman–Crippen LogP) is 0.539. The molecule has 4 heteroatoms. The molecule has 0 spiro atoms. The van der Waals surface area contributed by atoms with Crippen molar-refractivity contribution in [3.8, 4) is 0 Å². The molecule has 2 fully saturated rings. The van der Waals surface area contributed by atoms with E-state index in [0.717, 1.165) is 12.8 Å². The van der Waals surface area contributed by atoms with E-state index in [1.807, 2.05) is 11.8 Å². The van der Waals surface area contributed by atoms with Gasteiger partial charge >= 0.3 is 0 Å². The van der Waals surface area contributed by atoms with Crippen molar-refractivity contribution < 1.29 is 14.6 Å². The molecule has 0 aromatic carbocycles. The lowest BCUT2D eigenvalue weighted by atomic mass is 9.89. The zero-order valence-electron chi connectivity index (χ0n) is 9.24. The molecule has 1 atom stereocenters. The first-order valence-electron chi connectivity index (χ1n) is 5.69. The van der Waals surface area contributed by atoms with Crippen LogP contribution in [-0.4, -0.2) is 47.3 Å². The van der Waals surface area contributed by atoms with E-state index in [0.29, 0.717) is 19.0 Å². The zero-order valence-corrected chi connectivity index (χ0v) is 9.24. The summed E-state index contributed by atoms with van der Waals surface area (Å²) in [5.41, 5.74) is -0.349. The third-order valence-corrected chi connectivity index (χ3v) is 3.53. The SMILES string of the molecule is CC1(CCO)CN(C2CCC2)C(=O)CO1. The van der Waals surface area contributed by atoms with Crippen LogP contribution in [0.1, 0.15) is 32.6 Å². The van der Waals surface area contributed by atoms with Crippen LogP contribution in [0.4, 0.5) is 0 Å². The molecular weight excluding hydrogens is 194 g/mol. The summed E-state index contributed by atoms with van der Waals surface area (Å²) >= 11 is 0. The van der Waals surface area contributed by atoms with Crippen LogP contribution in [-0.2, 0) is 9.53 Å². The molecule has 2 aliphatic rings. The minimum absolute atomic E-state index is 0.107. The molecule has 0 aromatic rings. The van der Waals surface area contributed by atoms with Crippen LogP contribution in [0.2, 0.25) is 0 Å². The standard InChI is InChI=1S/C11H19NO3/c1-11(5-6-13)8-12(9-3-2-4-9)10(14)7-15-11/h9,13H,2-8H2,1H3. The van der Waals surface area contributed by atoms with Crippen LogP contribution in [0.25, 0.3) is 0 Å². The summed E-state index contributed by atoms with van der Waals surface area (Å²) in [5.74, 6) is 0.107. The lowest BCUT2D eigenvalue weighted by Gasteiger charge is -2.46. The maximum absolute atomic E-state index is 11.7. The van der Waals surface area contributed by atoms with Crippen molar-refractivity contribution in [2.45, 2.75) is 44.2 Å². The van der Waals surface area contributed by atoms with Crippen molar-refractivity contribution in [1.82, 2.24) is 4.90 Å². The number of aliphatic hydroxyl groups is 1. The molecule has 0 radical (unpaired) electrons. The van der Waals surface area contributed by atoms with Crippen LogP contribution >= 0.6 is 0 Å². The van der Waals surface area contributed by atoms with Gasteiger partial charge in [-0.15, -0.1) is 0 Å². The molecule has 1 saturated carbocycles. The highest BCUT2D eigenvalue weighted by Gasteiger charge is 2.39. The van der Waals surface area contributed by atoms with E-state index >= 15 is 0 Å². The van der Waals surface area contributed by atoms with E-state index in [2.05, 4.69) is 0 Å². The molecule has 4 nitrogen and oxygen atoms in total. The number of amides is 1. The minimum atomic E-state index is -0.349. The number of hydrogen-bond donors (Lipinski definition) is 1. The molecule has 2 rings (SSSR count). The van der Waals surface area contributed by atoms with Crippen molar-refractivity contribution in [1.29, 1.82) is 0 Å². The van der Waals surface area contributed by atoms with Crippen molar-refractivity contribution in [2.75, 3.05) is 19.8 Å². The fourth-order valence-corrected chi connectivity index (χ4v) is 2.23. The number of nitrogens with zero attached hydrogens (tertiary/aromatic N) is 1. The van der Waals surface area contributed by atoms with Gasteiger partial charge < -0.3 is 14.7 Å². The first-order chi connectivity index (χ1) is 7.14. The van der Waals surface area contributed by atoms with Gasteiger partial charge in [-0.1, -0.05) is 0 Å². The molecule has 0 bridgehead atoms. The van der Waals surface area contributed by atoms with Crippen LogP contribution < -0.4 is 0 Å². The highest BCUT2D eigenvalue weighted by atomic mass is 16.5. The fraction of sp³-hybridized carbons (Fsp3) is 0.909. The Morgan fingerprint density at radius 3 is 2.87 bits per heavy atom. The van der Waals surface area contributed by atoms with Gasteiger partial charge in [0.1, 0.15) is 6.61 Å². The number of aliphatic hydroxyl groups excluding tert-OH is 1. The van der Waals surface area contributed by atoms with E-state index in [1.54, 1.807) is 0 Å². The number of ether oxygens (including phenoxy) is 1. The number of carbonyl (C=O) groups is 1. The minimum Gasteiger partial charge on any atom is -0.396 e. The van der Waals surface area contributed by atoms with Crippen molar-refractivity contribution in [3.05, 3.63) is 0 Å².